The monoisotopic (exact) mass is 272 g/mol. The summed E-state index contributed by atoms with van der Waals surface area (Å²) in [6.45, 7) is 4.99. The molecule has 0 bridgehead atoms. The summed E-state index contributed by atoms with van der Waals surface area (Å²) < 4.78 is 28.0. The van der Waals surface area contributed by atoms with Crippen LogP contribution in [-0.2, 0) is 10.2 Å². The number of carboxylic acid groups (broad SMARTS) is 1. The Morgan fingerprint density at radius 1 is 1.33 bits per heavy atom. The molecule has 100 valence electrons. The van der Waals surface area contributed by atoms with Crippen molar-refractivity contribution in [2.75, 3.05) is 4.72 Å². The van der Waals surface area contributed by atoms with Crippen LogP contribution in [-0.4, -0.2) is 25.5 Å². The molecule has 0 atom stereocenters. The Bertz CT molecular complexity index is 552. The van der Waals surface area contributed by atoms with Gasteiger partial charge in [0.15, 0.2) is 0 Å². The molecule has 0 saturated heterocycles. The molecule has 0 aliphatic heterocycles. The molecule has 1 rings (SSSR count). The minimum atomic E-state index is -3.78. The first kappa shape index (κ1) is 14.5. The predicted molar refractivity (Wildman–Crippen MR) is 69.0 cm³/mol. The zero-order chi connectivity index (χ0) is 13.9. The highest BCUT2D eigenvalue weighted by Gasteiger charge is 2.18. The minimum absolute atomic E-state index is 0.0795. The number of hydrogen-bond acceptors (Lipinski definition) is 3. The number of hydrogen-bond donors (Lipinski definition) is 3. The lowest BCUT2D eigenvalue weighted by atomic mass is 10.1. The molecule has 18 heavy (non-hydrogen) atoms. The molecule has 0 aliphatic rings. The number of para-hydroxylation sites is 1. The van der Waals surface area contributed by atoms with Crippen LogP contribution in [0.3, 0.4) is 0 Å². The van der Waals surface area contributed by atoms with Gasteiger partial charge in [0.05, 0.1) is 11.3 Å². The second-order valence-electron chi connectivity index (χ2n) is 4.18. The van der Waals surface area contributed by atoms with Crippen molar-refractivity contribution in [2.45, 2.75) is 26.8 Å². The lowest BCUT2D eigenvalue weighted by Crippen LogP contribution is -2.35. The molecule has 0 radical (unpaired) electrons. The molecule has 7 heteroatoms. The second-order valence-corrected chi connectivity index (χ2v) is 5.63. The van der Waals surface area contributed by atoms with E-state index in [0.29, 0.717) is 5.56 Å². The Hall–Kier alpha value is -1.60. The average molecular weight is 272 g/mol. The standard InChI is InChI=1S/C11H16N2O4S/c1-7(2)12-18(16,17)13-10-8(3)5-4-6-9(10)11(14)15/h4-7,12-13H,1-3H3,(H,14,15). The highest BCUT2D eigenvalue weighted by molar-refractivity contribution is 7.90. The number of rotatable bonds is 5. The molecule has 0 amide bonds. The van der Waals surface area contributed by atoms with E-state index < -0.39 is 16.2 Å². The van der Waals surface area contributed by atoms with Crippen molar-refractivity contribution in [1.29, 1.82) is 0 Å². The molecule has 1 aromatic rings. The first-order valence-corrected chi connectivity index (χ1v) is 6.84. The molecule has 0 heterocycles. The van der Waals surface area contributed by atoms with Crippen molar-refractivity contribution in [1.82, 2.24) is 4.72 Å². The highest BCUT2D eigenvalue weighted by atomic mass is 32.2. The third-order valence-corrected chi connectivity index (χ3v) is 3.39. The maximum absolute atomic E-state index is 11.7. The summed E-state index contributed by atoms with van der Waals surface area (Å²) >= 11 is 0. The SMILES string of the molecule is Cc1cccc(C(=O)O)c1NS(=O)(=O)NC(C)C. The van der Waals surface area contributed by atoms with Crippen LogP contribution in [0.15, 0.2) is 18.2 Å². The summed E-state index contributed by atoms with van der Waals surface area (Å²) in [5.41, 5.74) is 0.548. The van der Waals surface area contributed by atoms with Crippen molar-refractivity contribution in [3.63, 3.8) is 0 Å². The number of anilines is 1. The second kappa shape index (κ2) is 5.36. The smallest absolute Gasteiger partial charge is 0.337 e. The van der Waals surface area contributed by atoms with E-state index in [9.17, 15) is 13.2 Å². The van der Waals surface area contributed by atoms with Crippen molar-refractivity contribution < 1.29 is 18.3 Å². The molecule has 0 fully saturated rings. The Balaban J connectivity index is 3.15. The molecule has 0 spiro atoms. The maximum atomic E-state index is 11.7. The van der Waals surface area contributed by atoms with E-state index in [4.69, 9.17) is 5.11 Å². The van der Waals surface area contributed by atoms with Gasteiger partial charge in [0, 0.05) is 6.04 Å². The zero-order valence-electron chi connectivity index (χ0n) is 10.4. The summed E-state index contributed by atoms with van der Waals surface area (Å²) in [5, 5.41) is 9.01. The summed E-state index contributed by atoms with van der Waals surface area (Å²) in [7, 11) is -3.78. The topological polar surface area (TPSA) is 95.5 Å². The molecular formula is C11H16N2O4S. The molecule has 1 aromatic carbocycles. The van der Waals surface area contributed by atoms with Crippen LogP contribution in [0, 0.1) is 6.92 Å². The number of aromatic carboxylic acids is 1. The first-order chi connectivity index (χ1) is 8.23. The van der Waals surface area contributed by atoms with E-state index in [1.54, 1.807) is 32.9 Å². The number of nitrogens with one attached hydrogen (secondary N) is 2. The quantitative estimate of drug-likeness (QED) is 0.754. The normalized spacial score (nSPS) is 11.6. The van der Waals surface area contributed by atoms with Gasteiger partial charge in [-0.15, -0.1) is 0 Å². The van der Waals surface area contributed by atoms with Crippen LogP contribution in [0.1, 0.15) is 29.8 Å². The van der Waals surface area contributed by atoms with Crippen molar-refractivity contribution >= 4 is 21.9 Å². The number of carboxylic acids is 1. The number of carbonyl (C=O) groups is 1. The van der Waals surface area contributed by atoms with Gasteiger partial charge in [-0.25, -0.2) is 4.79 Å². The van der Waals surface area contributed by atoms with Gasteiger partial charge < -0.3 is 5.11 Å². The molecular weight excluding hydrogens is 256 g/mol. The van der Waals surface area contributed by atoms with Crippen LogP contribution >= 0.6 is 0 Å². The van der Waals surface area contributed by atoms with Crippen molar-refractivity contribution in [2.24, 2.45) is 0 Å². The third kappa shape index (κ3) is 3.71. The Morgan fingerprint density at radius 3 is 2.44 bits per heavy atom. The molecule has 3 N–H and O–H groups in total. The summed E-state index contributed by atoms with van der Waals surface area (Å²) in [6.07, 6.45) is 0. The largest absolute Gasteiger partial charge is 0.478 e. The van der Waals surface area contributed by atoms with Gasteiger partial charge in [-0.3, -0.25) is 4.72 Å². The predicted octanol–water partition coefficient (Wildman–Crippen LogP) is 1.35. The highest BCUT2D eigenvalue weighted by Crippen LogP contribution is 2.21. The van der Waals surface area contributed by atoms with E-state index in [-0.39, 0.29) is 17.3 Å². The number of aryl methyl sites for hydroxylation is 1. The minimum Gasteiger partial charge on any atom is -0.478 e. The van der Waals surface area contributed by atoms with Gasteiger partial charge in [0.25, 0.3) is 10.2 Å². The van der Waals surface area contributed by atoms with Gasteiger partial charge in [-0.1, -0.05) is 12.1 Å². The fraction of sp³-hybridized carbons (Fsp3) is 0.364. The Labute approximate surface area is 106 Å². The van der Waals surface area contributed by atoms with E-state index in [1.807, 2.05) is 0 Å². The summed E-state index contributed by atoms with van der Waals surface area (Å²) in [4.78, 5) is 11.0. The summed E-state index contributed by atoms with van der Waals surface area (Å²) in [6, 6.07) is 4.27. The van der Waals surface area contributed by atoms with E-state index in [1.165, 1.54) is 6.07 Å². The first-order valence-electron chi connectivity index (χ1n) is 5.36. The fourth-order valence-corrected chi connectivity index (χ4v) is 2.67. The molecule has 6 nitrogen and oxygen atoms in total. The van der Waals surface area contributed by atoms with Gasteiger partial charge in [-0.2, -0.15) is 13.1 Å². The van der Waals surface area contributed by atoms with Gasteiger partial charge in [-0.05, 0) is 32.4 Å². The maximum Gasteiger partial charge on any atom is 0.337 e. The Kier molecular flexibility index (Phi) is 4.31. The van der Waals surface area contributed by atoms with E-state index >= 15 is 0 Å². The van der Waals surface area contributed by atoms with Crippen LogP contribution in [0.2, 0.25) is 0 Å². The summed E-state index contributed by atoms with van der Waals surface area (Å²) in [5.74, 6) is -1.18. The van der Waals surface area contributed by atoms with Gasteiger partial charge >= 0.3 is 5.97 Å². The zero-order valence-corrected chi connectivity index (χ0v) is 11.2. The van der Waals surface area contributed by atoms with Crippen LogP contribution in [0.25, 0.3) is 0 Å². The van der Waals surface area contributed by atoms with Crippen molar-refractivity contribution in [3.05, 3.63) is 29.3 Å². The average Bonchev–Trinajstić information content (AvgIpc) is 2.18. The van der Waals surface area contributed by atoms with Gasteiger partial charge in [0.2, 0.25) is 0 Å². The third-order valence-electron chi connectivity index (χ3n) is 2.13. The molecule has 0 unspecified atom stereocenters. The molecule has 0 aliphatic carbocycles. The van der Waals surface area contributed by atoms with E-state index in [2.05, 4.69) is 9.44 Å². The van der Waals surface area contributed by atoms with Crippen LogP contribution in [0.4, 0.5) is 5.69 Å². The van der Waals surface area contributed by atoms with Gasteiger partial charge in [0.1, 0.15) is 0 Å². The lowest BCUT2D eigenvalue weighted by molar-refractivity contribution is 0.0698. The van der Waals surface area contributed by atoms with Crippen LogP contribution in [0.5, 0.6) is 0 Å². The van der Waals surface area contributed by atoms with Crippen LogP contribution < -0.4 is 9.44 Å². The lowest BCUT2D eigenvalue weighted by Gasteiger charge is -2.15. The fourth-order valence-electron chi connectivity index (χ4n) is 1.46. The van der Waals surface area contributed by atoms with Crippen molar-refractivity contribution in [3.8, 4) is 0 Å². The number of benzene rings is 1. The Morgan fingerprint density at radius 2 is 1.94 bits per heavy atom. The molecule has 0 saturated carbocycles. The molecule has 0 aromatic heterocycles. The van der Waals surface area contributed by atoms with E-state index in [0.717, 1.165) is 0 Å².